The van der Waals surface area contributed by atoms with Gasteiger partial charge in [0.2, 0.25) is 5.91 Å². The minimum absolute atomic E-state index is 0.00977. The average molecular weight is 358 g/mol. The molecule has 2 N–H and O–H groups in total. The van der Waals surface area contributed by atoms with E-state index in [4.69, 9.17) is 0 Å². The van der Waals surface area contributed by atoms with Gasteiger partial charge in [0, 0.05) is 51.5 Å². The normalized spacial score (nSPS) is 20.9. The molecule has 0 aliphatic carbocycles. The molecule has 2 amide bonds. The lowest BCUT2D eigenvalue weighted by Crippen LogP contribution is -2.55. The Morgan fingerprint density at radius 2 is 2.08 bits per heavy atom. The zero-order valence-electron chi connectivity index (χ0n) is 15.5. The molecular weight excluding hydrogens is 332 g/mol. The van der Waals surface area contributed by atoms with Crippen LogP contribution < -0.4 is 5.32 Å². The number of amides is 2. The third-order valence-electron chi connectivity index (χ3n) is 4.99. The van der Waals surface area contributed by atoms with Crippen molar-refractivity contribution in [1.29, 1.82) is 0 Å². The molecule has 1 aromatic carbocycles. The number of carbonyl (C=O) groups excluding carboxylic acids is 2. The molecule has 7 heteroatoms. The maximum atomic E-state index is 12.6. The van der Waals surface area contributed by atoms with Crippen LogP contribution in [0.5, 0.6) is 0 Å². The number of fused-ring (bicyclic) bond motifs is 1. The summed E-state index contributed by atoms with van der Waals surface area (Å²) in [7, 11) is 5.38. The minimum atomic E-state index is -0.693. The van der Waals surface area contributed by atoms with Crippen LogP contribution in [0.15, 0.2) is 30.5 Å². The number of likely N-dealkylation sites (N-methyl/N-ethyl adjacent to an activating group) is 1. The van der Waals surface area contributed by atoms with Gasteiger partial charge in [-0.25, -0.2) is 0 Å². The van der Waals surface area contributed by atoms with Crippen molar-refractivity contribution in [2.24, 2.45) is 7.05 Å². The Morgan fingerprint density at radius 3 is 2.77 bits per heavy atom. The molecule has 0 bridgehead atoms. The van der Waals surface area contributed by atoms with E-state index in [-0.39, 0.29) is 24.4 Å². The molecule has 140 valence electrons. The van der Waals surface area contributed by atoms with E-state index in [1.54, 1.807) is 25.1 Å². The number of hydrogen-bond acceptors (Lipinski definition) is 4. The minimum Gasteiger partial charge on any atom is -0.390 e. The van der Waals surface area contributed by atoms with E-state index in [2.05, 4.69) is 5.32 Å². The summed E-state index contributed by atoms with van der Waals surface area (Å²) in [6.45, 7) is 1.33. The Kier molecular flexibility index (Phi) is 5.29. The van der Waals surface area contributed by atoms with Gasteiger partial charge in [-0.05, 0) is 30.0 Å². The molecule has 2 atom stereocenters. The number of carbonyl (C=O) groups is 2. The van der Waals surface area contributed by atoms with Crippen LogP contribution in [0.25, 0.3) is 10.9 Å². The molecule has 0 saturated carbocycles. The Balaban J connectivity index is 1.61. The lowest BCUT2D eigenvalue weighted by Gasteiger charge is -2.36. The van der Waals surface area contributed by atoms with Crippen molar-refractivity contribution in [3.63, 3.8) is 0 Å². The van der Waals surface area contributed by atoms with Gasteiger partial charge in [-0.15, -0.1) is 0 Å². The van der Waals surface area contributed by atoms with Gasteiger partial charge in [0.05, 0.1) is 18.7 Å². The van der Waals surface area contributed by atoms with E-state index in [0.29, 0.717) is 25.1 Å². The molecule has 1 aliphatic rings. The molecule has 2 heterocycles. The highest BCUT2D eigenvalue weighted by molar-refractivity contribution is 5.98. The number of nitrogens with zero attached hydrogens (tertiary/aromatic N) is 3. The van der Waals surface area contributed by atoms with Crippen LogP contribution in [0, 0.1) is 0 Å². The van der Waals surface area contributed by atoms with E-state index >= 15 is 0 Å². The summed E-state index contributed by atoms with van der Waals surface area (Å²) in [5, 5.41) is 14.4. The fourth-order valence-corrected chi connectivity index (χ4v) is 3.30. The Morgan fingerprint density at radius 1 is 1.31 bits per heavy atom. The molecule has 3 rings (SSSR count). The molecule has 1 saturated heterocycles. The highest BCUT2D eigenvalue weighted by atomic mass is 16.3. The van der Waals surface area contributed by atoms with E-state index in [9.17, 15) is 14.7 Å². The van der Waals surface area contributed by atoms with Crippen LogP contribution in [0.1, 0.15) is 16.8 Å². The molecule has 1 aromatic heterocycles. The summed E-state index contributed by atoms with van der Waals surface area (Å²) in [5.74, 6) is -0.175. The number of aliphatic hydroxyl groups excluding tert-OH is 1. The number of aryl methyl sites for hydroxylation is 1. The first-order chi connectivity index (χ1) is 12.3. The summed E-state index contributed by atoms with van der Waals surface area (Å²) in [5.41, 5.74) is 1.58. The molecule has 0 spiro atoms. The number of nitrogens with one attached hydrogen (secondary N) is 1. The molecule has 26 heavy (non-hydrogen) atoms. The number of aliphatic hydroxyl groups is 1. The Bertz CT molecular complexity index is 814. The molecule has 7 nitrogen and oxygen atoms in total. The largest absolute Gasteiger partial charge is 0.390 e. The van der Waals surface area contributed by atoms with Crippen molar-refractivity contribution in [2.45, 2.75) is 18.6 Å². The van der Waals surface area contributed by atoms with Crippen molar-refractivity contribution in [3.8, 4) is 0 Å². The molecule has 0 radical (unpaired) electrons. The smallest absolute Gasteiger partial charge is 0.251 e. The Hall–Kier alpha value is -2.38. The van der Waals surface area contributed by atoms with Gasteiger partial charge in [-0.2, -0.15) is 0 Å². The lowest BCUT2D eigenvalue weighted by molar-refractivity contribution is -0.130. The third kappa shape index (κ3) is 3.89. The number of likely N-dealkylation sites (tertiary alicyclic amines) is 1. The topological polar surface area (TPSA) is 77.8 Å². The summed E-state index contributed by atoms with van der Waals surface area (Å²) in [4.78, 5) is 27.8. The molecule has 2 aromatic rings. The second-order valence-electron chi connectivity index (χ2n) is 7.16. The second kappa shape index (κ2) is 7.47. The van der Waals surface area contributed by atoms with Gasteiger partial charge in [0.15, 0.2) is 0 Å². The fraction of sp³-hybridized carbons (Fsp3) is 0.474. The summed E-state index contributed by atoms with van der Waals surface area (Å²) < 4.78 is 1.97. The molecular formula is C19H26N4O3. The number of β-amino-alcohol motifs (C(OH)–C–C–N with tert-alkyl or cyclic N) is 1. The highest BCUT2D eigenvalue weighted by Gasteiger charge is 2.30. The molecule has 1 aliphatic heterocycles. The third-order valence-corrected chi connectivity index (χ3v) is 4.99. The van der Waals surface area contributed by atoms with Gasteiger partial charge in [-0.3, -0.25) is 14.5 Å². The lowest BCUT2D eigenvalue weighted by atomic mass is 10.0. The van der Waals surface area contributed by atoms with Crippen molar-refractivity contribution in [2.75, 3.05) is 33.7 Å². The maximum absolute atomic E-state index is 12.6. The standard InChI is InChI=1S/C19H26N4O3/c1-21(2)18(25)12-23-9-7-15(17(24)11-23)20-19(26)14-5-4-13-6-8-22(3)16(13)10-14/h4-6,8,10,15,17,24H,7,9,11-12H2,1-3H3,(H,20,26)/t15-,17-/m1/s1. The molecule has 1 fully saturated rings. The summed E-state index contributed by atoms with van der Waals surface area (Å²) in [6, 6.07) is 7.29. The van der Waals surface area contributed by atoms with Crippen molar-refractivity contribution < 1.29 is 14.7 Å². The number of hydrogen-bond donors (Lipinski definition) is 2. The average Bonchev–Trinajstić information content (AvgIpc) is 2.97. The van der Waals surface area contributed by atoms with Crippen LogP contribution in [0.2, 0.25) is 0 Å². The number of benzene rings is 1. The number of rotatable bonds is 4. The SMILES string of the molecule is CN(C)C(=O)CN1CC[C@@H](NC(=O)c2ccc3ccn(C)c3c2)[C@H](O)C1. The first-order valence-electron chi connectivity index (χ1n) is 8.81. The monoisotopic (exact) mass is 358 g/mol. The van der Waals surface area contributed by atoms with Gasteiger partial charge in [0.25, 0.3) is 5.91 Å². The maximum Gasteiger partial charge on any atom is 0.251 e. The zero-order valence-corrected chi connectivity index (χ0v) is 15.5. The van der Waals surface area contributed by atoms with Crippen LogP contribution in [0.4, 0.5) is 0 Å². The van der Waals surface area contributed by atoms with E-state index in [0.717, 1.165) is 10.9 Å². The van der Waals surface area contributed by atoms with Crippen molar-refractivity contribution in [3.05, 3.63) is 36.0 Å². The number of piperidine rings is 1. The van der Waals surface area contributed by atoms with Gasteiger partial charge >= 0.3 is 0 Å². The van der Waals surface area contributed by atoms with Crippen molar-refractivity contribution in [1.82, 2.24) is 19.7 Å². The highest BCUT2D eigenvalue weighted by Crippen LogP contribution is 2.18. The first-order valence-corrected chi connectivity index (χ1v) is 8.81. The predicted octanol–water partition coefficient (Wildman–Crippen LogP) is 0.432. The van der Waals surface area contributed by atoms with E-state index in [1.807, 2.05) is 40.9 Å². The molecule has 0 unspecified atom stereocenters. The zero-order chi connectivity index (χ0) is 18.8. The Labute approximate surface area is 153 Å². The second-order valence-corrected chi connectivity index (χ2v) is 7.16. The first kappa shape index (κ1) is 18.4. The van der Waals surface area contributed by atoms with Crippen LogP contribution in [-0.4, -0.2) is 77.2 Å². The van der Waals surface area contributed by atoms with Gasteiger partial charge in [-0.1, -0.05) is 6.07 Å². The van der Waals surface area contributed by atoms with Crippen LogP contribution in [0.3, 0.4) is 0 Å². The van der Waals surface area contributed by atoms with Crippen LogP contribution in [-0.2, 0) is 11.8 Å². The summed E-state index contributed by atoms with van der Waals surface area (Å²) >= 11 is 0. The quantitative estimate of drug-likeness (QED) is 0.831. The van der Waals surface area contributed by atoms with Gasteiger partial charge in [0.1, 0.15) is 0 Å². The predicted molar refractivity (Wildman–Crippen MR) is 99.9 cm³/mol. The number of aromatic nitrogens is 1. The fourth-order valence-electron chi connectivity index (χ4n) is 3.30. The summed E-state index contributed by atoms with van der Waals surface area (Å²) in [6.07, 6.45) is 1.88. The van der Waals surface area contributed by atoms with Gasteiger partial charge < -0.3 is 19.9 Å². The van der Waals surface area contributed by atoms with Crippen LogP contribution >= 0.6 is 0 Å². The van der Waals surface area contributed by atoms with E-state index < -0.39 is 6.10 Å². The van der Waals surface area contributed by atoms with Crippen molar-refractivity contribution >= 4 is 22.7 Å². The van der Waals surface area contributed by atoms with E-state index in [1.165, 1.54) is 0 Å².